The molecule has 0 atom stereocenters. The zero-order valence-electron chi connectivity index (χ0n) is 11.6. The van der Waals surface area contributed by atoms with Crippen LogP contribution in [-0.4, -0.2) is 19.1 Å². The van der Waals surface area contributed by atoms with E-state index >= 15 is 0 Å². The number of benzene rings is 1. The molecular formula is C15H12N4O2. The van der Waals surface area contributed by atoms with Crippen molar-refractivity contribution in [1.29, 1.82) is 0 Å². The Morgan fingerprint density at radius 1 is 1.10 bits per heavy atom. The Kier molecular flexibility index (Phi) is 2.16. The molecule has 0 aliphatic rings. The highest BCUT2D eigenvalue weighted by molar-refractivity contribution is 6.07. The Hall–Kier alpha value is -2.89. The molecule has 0 unspecified atom stereocenters. The lowest BCUT2D eigenvalue weighted by atomic mass is 10.2. The van der Waals surface area contributed by atoms with Crippen LogP contribution >= 0.6 is 0 Å². The van der Waals surface area contributed by atoms with E-state index in [2.05, 4.69) is 5.10 Å². The van der Waals surface area contributed by atoms with Gasteiger partial charge in [0.05, 0.1) is 10.4 Å². The Morgan fingerprint density at radius 2 is 1.86 bits per heavy atom. The number of hydrogen-bond acceptors (Lipinski definition) is 3. The van der Waals surface area contributed by atoms with E-state index in [0.717, 1.165) is 21.9 Å². The molecule has 0 N–H and O–H groups in total. The number of rotatable bonds is 1. The van der Waals surface area contributed by atoms with Crippen LogP contribution in [0.5, 0.6) is 0 Å². The highest BCUT2D eigenvalue weighted by atomic mass is 16.6. The minimum Gasteiger partial charge on any atom is -0.328 e. The summed E-state index contributed by atoms with van der Waals surface area (Å²) in [7, 11) is 1.95. The van der Waals surface area contributed by atoms with Crippen LogP contribution in [0.2, 0.25) is 0 Å². The minimum atomic E-state index is -0.369. The van der Waals surface area contributed by atoms with E-state index in [1.807, 2.05) is 41.9 Å². The van der Waals surface area contributed by atoms with Crippen LogP contribution in [0.15, 0.2) is 36.4 Å². The maximum absolute atomic E-state index is 11.2. The van der Waals surface area contributed by atoms with Crippen LogP contribution in [0.25, 0.3) is 27.5 Å². The molecule has 1 aromatic carbocycles. The predicted molar refractivity (Wildman–Crippen MR) is 80.6 cm³/mol. The van der Waals surface area contributed by atoms with Gasteiger partial charge in [0.1, 0.15) is 16.9 Å². The van der Waals surface area contributed by atoms with Crippen LogP contribution in [0.3, 0.4) is 0 Å². The van der Waals surface area contributed by atoms with Crippen molar-refractivity contribution in [2.24, 2.45) is 7.05 Å². The SMILES string of the molecule is Cc1nn2c(ccc3c4ccccc4n(C)c32)c1[N+](=O)[O-]. The average Bonchev–Trinajstić information content (AvgIpc) is 2.94. The maximum Gasteiger partial charge on any atom is 0.317 e. The third-order valence-corrected chi connectivity index (χ3v) is 3.97. The number of aromatic nitrogens is 3. The molecule has 0 amide bonds. The van der Waals surface area contributed by atoms with Gasteiger partial charge < -0.3 is 4.57 Å². The average molecular weight is 280 g/mol. The van der Waals surface area contributed by atoms with Gasteiger partial charge in [0, 0.05) is 17.8 Å². The highest BCUT2D eigenvalue weighted by Gasteiger charge is 2.22. The van der Waals surface area contributed by atoms with Gasteiger partial charge in [-0.3, -0.25) is 10.1 Å². The van der Waals surface area contributed by atoms with Crippen molar-refractivity contribution in [1.82, 2.24) is 14.2 Å². The third-order valence-electron chi connectivity index (χ3n) is 3.97. The van der Waals surface area contributed by atoms with E-state index < -0.39 is 0 Å². The fourth-order valence-corrected chi connectivity index (χ4v) is 3.07. The minimum absolute atomic E-state index is 0.0714. The number of pyridine rings is 1. The van der Waals surface area contributed by atoms with E-state index in [9.17, 15) is 10.1 Å². The molecular weight excluding hydrogens is 268 g/mol. The monoisotopic (exact) mass is 280 g/mol. The molecule has 0 saturated carbocycles. The molecule has 4 aromatic rings. The number of nitrogens with zero attached hydrogens (tertiary/aromatic N) is 4. The smallest absolute Gasteiger partial charge is 0.317 e. The number of nitro groups is 1. The van der Waals surface area contributed by atoms with Crippen molar-refractivity contribution in [2.75, 3.05) is 0 Å². The van der Waals surface area contributed by atoms with Crippen LogP contribution < -0.4 is 0 Å². The first-order chi connectivity index (χ1) is 10.1. The van der Waals surface area contributed by atoms with E-state index in [0.29, 0.717) is 11.2 Å². The molecule has 6 heteroatoms. The largest absolute Gasteiger partial charge is 0.328 e. The van der Waals surface area contributed by atoms with E-state index in [1.54, 1.807) is 17.5 Å². The van der Waals surface area contributed by atoms with Crippen molar-refractivity contribution in [3.8, 4) is 0 Å². The van der Waals surface area contributed by atoms with Crippen molar-refractivity contribution in [3.63, 3.8) is 0 Å². The van der Waals surface area contributed by atoms with Gasteiger partial charge >= 0.3 is 5.69 Å². The summed E-state index contributed by atoms with van der Waals surface area (Å²) in [5.74, 6) is 0. The normalized spacial score (nSPS) is 11.7. The summed E-state index contributed by atoms with van der Waals surface area (Å²) in [4.78, 5) is 10.9. The first-order valence-electron chi connectivity index (χ1n) is 6.59. The third kappa shape index (κ3) is 1.38. The second-order valence-corrected chi connectivity index (χ2v) is 5.13. The summed E-state index contributed by atoms with van der Waals surface area (Å²) in [5, 5.41) is 17.8. The predicted octanol–water partition coefficient (Wildman–Crippen LogP) is 3.20. The van der Waals surface area contributed by atoms with Gasteiger partial charge in [-0.25, -0.2) is 4.52 Å². The van der Waals surface area contributed by atoms with Gasteiger partial charge in [0.2, 0.25) is 0 Å². The molecule has 4 rings (SSSR count). The van der Waals surface area contributed by atoms with Crippen LogP contribution in [0, 0.1) is 17.0 Å². The standard InChI is InChI=1S/C15H12N4O2/c1-9-14(19(20)21)13-8-7-11-10-5-3-4-6-12(10)17(2)15(11)18(13)16-9/h3-8H,1-2H3. The first kappa shape index (κ1) is 11.9. The molecule has 6 nitrogen and oxygen atoms in total. The van der Waals surface area contributed by atoms with Gasteiger partial charge in [-0.2, -0.15) is 5.10 Å². The zero-order chi connectivity index (χ0) is 14.7. The Labute approximate surface area is 119 Å². The first-order valence-corrected chi connectivity index (χ1v) is 6.59. The molecule has 0 fully saturated rings. The summed E-state index contributed by atoms with van der Waals surface area (Å²) in [6.07, 6.45) is 0. The van der Waals surface area contributed by atoms with Crippen molar-refractivity contribution in [2.45, 2.75) is 6.92 Å². The summed E-state index contributed by atoms with van der Waals surface area (Å²) in [6, 6.07) is 11.8. The Balaban J connectivity index is 2.30. The molecule has 3 heterocycles. The number of aryl methyl sites for hydroxylation is 2. The molecule has 0 spiro atoms. The van der Waals surface area contributed by atoms with Crippen LogP contribution in [0.1, 0.15) is 5.69 Å². The second kappa shape index (κ2) is 3.82. The van der Waals surface area contributed by atoms with Gasteiger partial charge in [-0.05, 0) is 25.1 Å². The van der Waals surface area contributed by atoms with E-state index in [1.165, 1.54) is 0 Å². The Bertz CT molecular complexity index is 1040. The van der Waals surface area contributed by atoms with Gasteiger partial charge in [0.15, 0.2) is 0 Å². The molecule has 0 saturated heterocycles. The van der Waals surface area contributed by atoms with Crippen molar-refractivity contribution >= 4 is 33.1 Å². The summed E-state index contributed by atoms with van der Waals surface area (Å²) in [5.41, 5.74) is 2.97. The van der Waals surface area contributed by atoms with Gasteiger partial charge in [-0.15, -0.1) is 0 Å². The Morgan fingerprint density at radius 3 is 2.62 bits per heavy atom. The van der Waals surface area contributed by atoms with E-state index in [-0.39, 0.29) is 10.6 Å². The fourth-order valence-electron chi connectivity index (χ4n) is 3.07. The summed E-state index contributed by atoms with van der Waals surface area (Å²) >= 11 is 0. The topological polar surface area (TPSA) is 65.4 Å². The molecule has 3 aromatic heterocycles. The molecule has 0 aliphatic carbocycles. The van der Waals surface area contributed by atoms with Gasteiger partial charge in [-0.1, -0.05) is 18.2 Å². The molecule has 21 heavy (non-hydrogen) atoms. The second-order valence-electron chi connectivity index (χ2n) is 5.13. The maximum atomic E-state index is 11.2. The molecule has 0 aliphatic heterocycles. The van der Waals surface area contributed by atoms with Crippen LogP contribution in [-0.2, 0) is 7.05 Å². The lowest BCUT2D eigenvalue weighted by molar-refractivity contribution is -0.383. The number of hydrogen-bond donors (Lipinski definition) is 0. The molecule has 104 valence electrons. The highest BCUT2D eigenvalue weighted by Crippen LogP contribution is 2.32. The molecule has 0 radical (unpaired) electrons. The number of fused-ring (bicyclic) bond motifs is 5. The van der Waals surface area contributed by atoms with Crippen molar-refractivity contribution in [3.05, 3.63) is 52.2 Å². The zero-order valence-corrected chi connectivity index (χ0v) is 11.6. The van der Waals surface area contributed by atoms with Crippen LogP contribution in [0.4, 0.5) is 5.69 Å². The molecule has 0 bridgehead atoms. The quantitative estimate of drug-likeness (QED) is 0.397. The fraction of sp³-hybridized carbons (Fsp3) is 0.133. The number of para-hydroxylation sites is 1. The lowest BCUT2D eigenvalue weighted by Crippen LogP contribution is -1.96. The lowest BCUT2D eigenvalue weighted by Gasteiger charge is -2.00. The van der Waals surface area contributed by atoms with E-state index in [4.69, 9.17) is 0 Å². The van der Waals surface area contributed by atoms with Crippen molar-refractivity contribution < 1.29 is 4.92 Å². The summed E-state index contributed by atoms with van der Waals surface area (Å²) in [6.45, 7) is 1.67. The summed E-state index contributed by atoms with van der Waals surface area (Å²) < 4.78 is 3.69. The van der Waals surface area contributed by atoms with Gasteiger partial charge in [0.25, 0.3) is 0 Å².